The van der Waals surface area contributed by atoms with Crippen molar-refractivity contribution in [2.45, 2.75) is 37.8 Å². The standard InChI is InChI=1S/C17H16BrF4NO/c18-13-5-2-6-15-12(13)7-8-14(23-15)10-3-1-4-11(9-10)24-17(21,22)16(19)20/h1-2,4-6,9-10,14,16,23H,3,7-8H2/t10?,14-/m1/s1. The molecule has 2 nitrogen and oxygen atoms in total. The van der Waals surface area contributed by atoms with E-state index in [-0.39, 0.29) is 17.7 Å². The number of nitrogens with one attached hydrogen (secondary N) is 1. The van der Waals surface area contributed by atoms with Gasteiger partial charge in [-0.2, -0.15) is 17.6 Å². The Labute approximate surface area is 145 Å². The second kappa shape index (κ2) is 6.78. The first-order valence-electron chi connectivity index (χ1n) is 7.64. The normalized spacial score (nSPS) is 23.5. The molecule has 0 saturated carbocycles. The molecule has 0 fully saturated rings. The number of fused-ring (bicyclic) bond motifs is 1. The fourth-order valence-corrected chi connectivity index (χ4v) is 3.63. The molecule has 130 valence electrons. The molecule has 0 radical (unpaired) electrons. The summed E-state index contributed by atoms with van der Waals surface area (Å²) in [7, 11) is 0. The largest absolute Gasteiger partial charge is 0.461 e. The van der Waals surface area contributed by atoms with Crippen molar-refractivity contribution in [3.8, 4) is 0 Å². The van der Waals surface area contributed by atoms with Gasteiger partial charge in [0.05, 0.1) is 0 Å². The first-order valence-corrected chi connectivity index (χ1v) is 8.43. The highest BCUT2D eigenvalue weighted by molar-refractivity contribution is 9.10. The Bertz CT molecular complexity index is 675. The number of allylic oxidation sites excluding steroid dienone is 2. The summed E-state index contributed by atoms with van der Waals surface area (Å²) in [4.78, 5) is 0. The number of hydrogen-bond acceptors (Lipinski definition) is 2. The Morgan fingerprint density at radius 3 is 2.83 bits per heavy atom. The first kappa shape index (κ1) is 17.3. The summed E-state index contributed by atoms with van der Waals surface area (Å²) in [5, 5.41) is 3.41. The number of halogens is 5. The smallest absolute Gasteiger partial charge is 0.429 e. The molecule has 1 unspecified atom stereocenters. The highest BCUT2D eigenvalue weighted by atomic mass is 79.9. The van der Waals surface area contributed by atoms with E-state index >= 15 is 0 Å². The fourth-order valence-electron chi connectivity index (χ4n) is 3.07. The molecular formula is C17H16BrF4NO. The molecule has 1 N–H and O–H groups in total. The van der Waals surface area contributed by atoms with Crippen LogP contribution in [-0.4, -0.2) is 18.6 Å². The van der Waals surface area contributed by atoms with Gasteiger partial charge < -0.3 is 10.1 Å². The molecule has 0 aromatic heterocycles. The van der Waals surface area contributed by atoms with Crippen LogP contribution in [0, 0.1) is 5.92 Å². The summed E-state index contributed by atoms with van der Waals surface area (Å²) in [5.74, 6) is -0.302. The van der Waals surface area contributed by atoms with Crippen molar-refractivity contribution in [3.05, 3.63) is 52.2 Å². The van der Waals surface area contributed by atoms with Gasteiger partial charge in [-0.05, 0) is 49.1 Å². The van der Waals surface area contributed by atoms with Crippen LogP contribution < -0.4 is 5.32 Å². The Morgan fingerprint density at radius 2 is 2.08 bits per heavy atom. The van der Waals surface area contributed by atoms with E-state index in [1.54, 1.807) is 6.08 Å². The van der Waals surface area contributed by atoms with Crippen LogP contribution in [0.4, 0.5) is 23.2 Å². The summed E-state index contributed by atoms with van der Waals surface area (Å²) in [6.07, 6.45) is -1.50. The Morgan fingerprint density at radius 1 is 1.29 bits per heavy atom. The minimum Gasteiger partial charge on any atom is -0.429 e. The molecule has 0 amide bonds. The number of alkyl halides is 4. The van der Waals surface area contributed by atoms with Gasteiger partial charge in [0, 0.05) is 22.1 Å². The predicted octanol–water partition coefficient (Wildman–Crippen LogP) is 5.51. The first-order chi connectivity index (χ1) is 11.4. The van der Waals surface area contributed by atoms with E-state index in [4.69, 9.17) is 0 Å². The van der Waals surface area contributed by atoms with E-state index in [1.165, 1.54) is 17.7 Å². The fraction of sp³-hybridized carbons (Fsp3) is 0.412. The molecule has 2 aliphatic rings. The number of rotatable bonds is 4. The zero-order valence-electron chi connectivity index (χ0n) is 12.6. The average molecular weight is 406 g/mol. The molecule has 3 rings (SSSR count). The van der Waals surface area contributed by atoms with E-state index in [9.17, 15) is 17.6 Å². The number of hydrogen-bond donors (Lipinski definition) is 1. The van der Waals surface area contributed by atoms with Crippen LogP contribution in [0.15, 0.2) is 46.7 Å². The van der Waals surface area contributed by atoms with Crippen molar-refractivity contribution in [3.63, 3.8) is 0 Å². The summed E-state index contributed by atoms with van der Waals surface area (Å²) in [6, 6.07) is 5.90. The van der Waals surface area contributed by atoms with Crippen molar-refractivity contribution in [2.24, 2.45) is 5.92 Å². The van der Waals surface area contributed by atoms with E-state index in [2.05, 4.69) is 26.0 Å². The van der Waals surface area contributed by atoms with Crippen molar-refractivity contribution < 1.29 is 22.3 Å². The van der Waals surface area contributed by atoms with Crippen molar-refractivity contribution in [1.82, 2.24) is 0 Å². The number of anilines is 1. The summed E-state index contributed by atoms with van der Waals surface area (Å²) < 4.78 is 55.9. The second-order valence-corrected chi connectivity index (χ2v) is 6.75. The summed E-state index contributed by atoms with van der Waals surface area (Å²) >= 11 is 3.52. The lowest BCUT2D eigenvalue weighted by Crippen LogP contribution is -2.34. The van der Waals surface area contributed by atoms with Crippen molar-refractivity contribution >= 4 is 21.6 Å². The maximum Gasteiger partial charge on any atom is 0.461 e. The lowest BCUT2D eigenvalue weighted by Gasteiger charge is -2.33. The van der Waals surface area contributed by atoms with Crippen LogP contribution >= 0.6 is 15.9 Å². The van der Waals surface area contributed by atoms with Gasteiger partial charge in [0.25, 0.3) is 0 Å². The third-order valence-electron chi connectivity index (χ3n) is 4.26. The lowest BCUT2D eigenvalue weighted by atomic mass is 9.85. The highest BCUT2D eigenvalue weighted by Crippen LogP contribution is 2.36. The third-order valence-corrected chi connectivity index (χ3v) is 5.00. The molecule has 1 aromatic carbocycles. The predicted molar refractivity (Wildman–Crippen MR) is 87.2 cm³/mol. The van der Waals surface area contributed by atoms with E-state index in [1.807, 2.05) is 18.2 Å². The Hall–Kier alpha value is -1.50. The van der Waals surface area contributed by atoms with Crippen LogP contribution in [0.1, 0.15) is 18.4 Å². The van der Waals surface area contributed by atoms with Crippen LogP contribution in [0.5, 0.6) is 0 Å². The highest BCUT2D eigenvalue weighted by Gasteiger charge is 2.44. The van der Waals surface area contributed by atoms with Crippen LogP contribution in [0.3, 0.4) is 0 Å². The van der Waals surface area contributed by atoms with Crippen molar-refractivity contribution in [1.29, 1.82) is 0 Å². The van der Waals surface area contributed by atoms with Crippen LogP contribution in [0.2, 0.25) is 0 Å². The molecule has 7 heteroatoms. The average Bonchev–Trinajstić information content (AvgIpc) is 2.54. The van der Waals surface area contributed by atoms with E-state index in [0.717, 1.165) is 23.0 Å². The van der Waals surface area contributed by atoms with Gasteiger partial charge in [-0.3, -0.25) is 0 Å². The van der Waals surface area contributed by atoms with E-state index < -0.39 is 12.5 Å². The molecule has 1 aliphatic carbocycles. The molecule has 1 aromatic rings. The van der Waals surface area contributed by atoms with Gasteiger partial charge in [0.2, 0.25) is 0 Å². The zero-order valence-corrected chi connectivity index (χ0v) is 14.2. The van der Waals surface area contributed by atoms with Gasteiger partial charge in [0.15, 0.2) is 0 Å². The zero-order chi connectivity index (χ0) is 17.3. The van der Waals surface area contributed by atoms with Crippen molar-refractivity contribution in [2.75, 3.05) is 5.32 Å². The number of ether oxygens (including phenoxy) is 1. The number of benzene rings is 1. The van der Waals surface area contributed by atoms with Gasteiger partial charge in [-0.25, -0.2) is 0 Å². The van der Waals surface area contributed by atoms with Gasteiger partial charge in [-0.1, -0.05) is 28.1 Å². The monoisotopic (exact) mass is 405 g/mol. The molecule has 24 heavy (non-hydrogen) atoms. The van der Waals surface area contributed by atoms with Gasteiger partial charge in [-0.15, -0.1) is 0 Å². The Balaban J connectivity index is 1.73. The topological polar surface area (TPSA) is 21.3 Å². The lowest BCUT2D eigenvalue weighted by molar-refractivity contribution is -0.280. The van der Waals surface area contributed by atoms with Crippen LogP contribution in [-0.2, 0) is 11.2 Å². The molecular weight excluding hydrogens is 390 g/mol. The van der Waals surface area contributed by atoms with Gasteiger partial charge in [0.1, 0.15) is 5.76 Å². The molecule has 0 saturated heterocycles. The van der Waals surface area contributed by atoms with Crippen LogP contribution in [0.25, 0.3) is 0 Å². The summed E-state index contributed by atoms with van der Waals surface area (Å²) in [5.41, 5.74) is 2.19. The Kier molecular flexibility index (Phi) is 4.90. The van der Waals surface area contributed by atoms with E-state index in [0.29, 0.717) is 6.42 Å². The molecule has 2 atom stereocenters. The molecule has 1 heterocycles. The second-order valence-electron chi connectivity index (χ2n) is 5.89. The maximum atomic E-state index is 13.1. The maximum absolute atomic E-state index is 13.1. The molecule has 1 aliphatic heterocycles. The van der Waals surface area contributed by atoms with Gasteiger partial charge >= 0.3 is 12.5 Å². The molecule has 0 spiro atoms. The SMILES string of the molecule is FC(F)C(F)(F)OC1=CC([C@H]2CCc3c(Br)cccc3N2)CC=C1. The molecule has 0 bridgehead atoms. The third kappa shape index (κ3) is 3.61. The minimum atomic E-state index is -4.48. The quantitative estimate of drug-likeness (QED) is 0.666. The minimum absolute atomic E-state index is 0.0375. The summed E-state index contributed by atoms with van der Waals surface area (Å²) in [6.45, 7) is 0.